The molecule has 0 radical (unpaired) electrons. The molecule has 0 aliphatic carbocycles. The van der Waals surface area contributed by atoms with Crippen LogP contribution in [0.5, 0.6) is 0 Å². The Balaban J connectivity index is 0. The zero-order valence-electron chi connectivity index (χ0n) is 2.62. The van der Waals surface area contributed by atoms with Gasteiger partial charge in [0.1, 0.15) is 0 Å². The van der Waals surface area contributed by atoms with Gasteiger partial charge in [-0.1, -0.05) is 0 Å². The molecule has 0 spiro atoms. The van der Waals surface area contributed by atoms with Crippen LogP contribution in [-0.2, 0) is 7.67 Å². The van der Waals surface area contributed by atoms with E-state index >= 15 is 0 Å². The summed E-state index contributed by atoms with van der Waals surface area (Å²) in [5, 5.41) is 0. The molecule has 0 saturated heterocycles. The van der Waals surface area contributed by atoms with Crippen molar-refractivity contribution in [2.24, 2.45) is 0 Å². The van der Waals surface area contributed by atoms with Crippen LogP contribution in [0, 0.1) is 0 Å². The Kier molecular flexibility index (Phi) is 4.08. The molecule has 0 atom stereocenters. The van der Waals surface area contributed by atoms with E-state index in [0.29, 0.717) is 0 Å². The second-order valence-corrected chi connectivity index (χ2v) is 2.33. The number of hydrogen-bond acceptors (Lipinski definition) is 2. The van der Waals surface area contributed by atoms with Crippen LogP contribution in [0.2, 0.25) is 0 Å². The topological polar surface area (TPSA) is 74.6 Å². The molecule has 4 nitrogen and oxygen atoms in total. The first-order chi connectivity index (χ1) is 2.00. The summed E-state index contributed by atoms with van der Waals surface area (Å²) in [5.74, 6) is 0. The Morgan fingerprint density at radius 1 is 1.17 bits per heavy atom. The largest absolute Gasteiger partial charge is 0.197 e. The van der Waals surface area contributed by atoms with E-state index in [0.717, 1.165) is 0 Å². The summed E-state index contributed by atoms with van der Waals surface area (Å²) in [6.07, 6.45) is 0. The van der Waals surface area contributed by atoms with Crippen LogP contribution in [0.3, 0.4) is 0 Å². The second kappa shape index (κ2) is 2.54. The molecule has 0 aromatic heterocycles. The molecule has 40 valence electrons. The van der Waals surface area contributed by atoms with Crippen LogP contribution >= 0.6 is 13.5 Å². The molecule has 6 heteroatoms. The van der Waals surface area contributed by atoms with Crippen LogP contribution < -0.4 is 0 Å². The van der Waals surface area contributed by atoms with Crippen molar-refractivity contribution in [2.45, 2.75) is 0 Å². The first kappa shape index (κ1) is 9.63. The van der Waals surface area contributed by atoms with Gasteiger partial charge >= 0.3 is 29.4 Å². The molecule has 0 aliphatic heterocycles. The van der Waals surface area contributed by atoms with E-state index < -0.39 is 13.4 Å². The maximum atomic E-state index is 8.82. The van der Waals surface area contributed by atoms with Gasteiger partial charge < -0.3 is 0 Å². The first-order valence-electron chi connectivity index (χ1n) is 0.698. The van der Waals surface area contributed by atoms with Crippen molar-refractivity contribution in [1.29, 1.82) is 0 Å². The molecule has 0 aliphatic rings. The molecule has 0 amide bonds. The van der Waals surface area contributed by atoms with Gasteiger partial charge in [0.15, 0.2) is 0 Å². The Morgan fingerprint density at radius 3 is 1.17 bits per heavy atom. The summed E-state index contributed by atoms with van der Waals surface area (Å²) in [6.45, 7) is 0. The smallest absolute Gasteiger partial charge is 0.197 e. The minimum atomic E-state index is -5.25. The summed E-state index contributed by atoms with van der Waals surface area (Å²) in [6, 6.07) is 0. The fourth-order valence-corrected chi connectivity index (χ4v) is 0. The Morgan fingerprint density at radius 2 is 1.17 bits per heavy atom. The average Bonchev–Trinajstić information content (AvgIpc) is 0.722. The predicted molar refractivity (Wildman–Crippen MR) is 21.9 cm³/mol. The summed E-state index contributed by atoms with van der Waals surface area (Å²) in [5.41, 5.74) is 0. The molecule has 0 saturated carbocycles. The van der Waals surface area contributed by atoms with Gasteiger partial charge in [-0.15, -0.1) is 0 Å². The number of rotatable bonds is 0. The van der Waals surface area contributed by atoms with Crippen molar-refractivity contribution < 1.29 is 16.0 Å². The Labute approximate surface area is 43.5 Å². The van der Waals surface area contributed by atoms with E-state index in [1.807, 2.05) is 0 Å². The van der Waals surface area contributed by atoms with E-state index in [9.17, 15) is 0 Å². The molecule has 0 heterocycles. The van der Waals surface area contributed by atoms with Crippen molar-refractivity contribution >= 4 is 26.9 Å². The molecule has 2 N–H and O–H groups in total. The van der Waals surface area contributed by atoms with E-state index in [1.54, 1.807) is 0 Å². The molecule has 6 heavy (non-hydrogen) atoms. The second-order valence-electron chi connectivity index (χ2n) is 0.448. The molecule has 0 aromatic rings. The van der Waals surface area contributed by atoms with Crippen LogP contribution in [0.25, 0.3) is 0 Å². The van der Waals surface area contributed by atoms with Crippen LogP contribution in [0.1, 0.15) is 0 Å². The molecule has 0 aromatic carbocycles. The fraction of sp³-hybridized carbons (Fsp3) is 0. The van der Waals surface area contributed by atoms with Crippen molar-refractivity contribution in [2.75, 3.05) is 0 Å². The standard InChI is InChI=1S/H2O4Se.H2S/c1-5(2,3)4;/h(H2,1,2,3,4);1H2. The molecule has 0 unspecified atom stereocenters. The third-order valence-corrected chi connectivity index (χ3v) is 0. The maximum Gasteiger partial charge on any atom is -0.197 e. The van der Waals surface area contributed by atoms with Crippen LogP contribution in [0.15, 0.2) is 0 Å². The van der Waals surface area contributed by atoms with Crippen molar-refractivity contribution in [3.05, 3.63) is 0 Å². The van der Waals surface area contributed by atoms with E-state index in [4.69, 9.17) is 16.0 Å². The van der Waals surface area contributed by atoms with Crippen molar-refractivity contribution in [3.63, 3.8) is 0 Å². The minimum Gasteiger partial charge on any atom is -0.197 e. The number of hydrogen-bond donors (Lipinski definition) is 2. The van der Waals surface area contributed by atoms with Gasteiger partial charge in [0, 0.05) is 0 Å². The predicted octanol–water partition coefficient (Wildman–Crippen LogP) is -1.62. The SMILES string of the molecule is O=[Se](=O)(O)O.S. The van der Waals surface area contributed by atoms with Gasteiger partial charge in [0.05, 0.1) is 0 Å². The maximum absolute atomic E-state index is 8.82. The van der Waals surface area contributed by atoms with Gasteiger partial charge in [-0.05, 0) is 0 Å². The molecular weight excluding hydrogens is 175 g/mol. The Hall–Kier alpha value is 0.389. The zero-order valence-corrected chi connectivity index (χ0v) is 5.33. The normalized spacial score (nSPS) is 9.67. The molecule has 0 fully saturated rings. The third kappa shape index (κ3) is 332. The molecule has 0 rings (SSSR count). The van der Waals surface area contributed by atoms with E-state index in [-0.39, 0.29) is 13.5 Å². The zero-order chi connectivity index (χ0) is 4.50. The van der Waals surface area contributed by atoms with E-state index in [2.05, 4.69) is 0 Å². The quantitative estimate of drug-likeness (QED) is 0.438. The average molecular weight is 179 g/mol. The summed E-state index contributed by atoms with van der Waals surface area (Å²) in [4.78, 5) is 0. The van der Waals surface area contributed by atoms with Crippen molar-refractivity contribution in [3.8, 4) is 0 Å². The molecule has 0 bridgehead atoms. The van der Waals surface area contributed by atoms with Gasteiger partial charge in [-0.2, -0.15) is 13.5 Å². The third-order valence-electron chi connectivity index (χ3n) is 0. The van der Waals surface area contributed by atoms with Crippen molar-refractivity contribution in [1.82, 2.24) is 0 Å². The molecular formula is H4O4SSe. The minimum absolute atomic E-state index is 0. The van der Waals surface area contributed by atoms with Gasteiger partial charge in [0.2, 0.25) is 0 Å². The van der Waals surface area contributed by atoms with Crippen LogP contribution in [-0.4, -0.2) is 21.7 Å². The van der Waals surface area contributed by atoms with E-state index in [1.165, 1.54) is 0 Å². The first-order valence-corrected chi connectivity index (χ1v) is 3.63. The van der Waals surface area contributed by atoms with Crippen LogP contribution in [0.4, 0.5) is 0 Å². The summed E-state index contributed by atoms with van der Waals surface area (Å²) >= 11 is -5.25. The van der Waals surface area contributed by atoms with Gasteiger partial charge in [-0.25, -0.2) is 0 Å². The monoisotopic (exact) mass is 180 g/mol. The summed E-state index contributed by atoms with van der Waals surface area (Å²) in [7, 11) is 0. The summed E-state index contributed by atoms with van der Waals surface area (Å²) < 4.78 is 31.9. The van der Waals surface area contributed by atoms with Gasteiger partial charge in [0.25, 0.3) is 0 Å². The Bertz CT molecular complexity index is 90.7. The van der Waals surface area contributed by atoms with Gasteiger partial charge in [-0.3, -0.25) is 0 Å². The fourth-order valence-electron chi connectivity index (χ4n) is 0.